The van der Waals surface area contributed by atoms with Gasteiger partial charge in [-0.2, -0.15) is 23.4 Å². The topological polar surface area (TPSA) is 195 Å². The SMILES string of the molecule is CN(CCS(=O)O)c1nc(NCCNS(C)(=O)=O)nc(N(C)CCS(=O)(=O)O)n1. The van der Waals surface area contributed by atoms with Crippen molar-refractivity contribution in [3.05, 3.63) is 0 Å². The summed E-state index contributed by atoms with van der Waals surface area (Å²) in [5.41, 5.74) is 0. The third kappa shape index (κ3) is 11.2. The Kier molecular flexibility index (Phi) is 9.56. The molecule has 1 aromatic heterocycles. The van der Waals surface area contributed by atoms with Crippen LogP contribution < -0.4 is 19.8 Å². The number of anilines is 3. The molecule has 0 fully saturated rings. The van der Waals surface area contributed by atoms with Gasteiger partial charge < -0.3 is 19.7 Å². The largest absolute Gasteiger partial charge is 0.353 e. The minimum atomic E-state index is -4.18. The Hall–Kier alpha value is -1.66. The molecular formula is C12H25N7O7S3. The van der Waals surface area contributed by atoms with Crippen LogP contribution in [0.5, 0.6) is 0 Å². The molecule has 0 amide bonds. The molecule has 1 heterocycles. The summed E-state index contributed by atoms with van der Waals surface area (Å²) in [5, 5.41) is 2.83. The highest BCUT2D eigenvalue weighted by atomic mass is 32.2. The van der Waals surface area contributed by atoms with Crippen LogP contribution in [0.1, 0.15) is 0 Å². The van der Waals surface area contributed by atoms with Crippen LogP contribution in [-0.4, -0.2) is 103 Å². The Balaban J connectivity index is 2.99. The first kappa shape index (κ1) is 25.4. The number of aromatic nitrogens is 3. The highest BCUT2D eigenvalue weighted by molar-refractivity contribution is 7.88. The molecule has 0 saturated heterocycles. The maximum Gasteiger partial charge on any atom is 0.266 e. The summed E-state index contributed by atoms with van der Waals surface area (Å²) in [5.74, 6) is -0.245. The monoisotopic (exact) mass is 475 g/mol. The number of rotatable bonds is 13. The lowest BCUT2D eigenvalue weighted by Crippen LogP contribution is -2.31. The van der Waals surface area contributed by atoms with E-state index in [1.54, 1.807) is 7.05 Å². The fourth-order valence-electron chi connectivity index (χ4n) is 1.85. The standard InChI is InChI=1S/C12H25N7O7S3/c1-18(6-8-27(20)21)11-15-10(13-4-5-14-28(3,22)23)16-12(17-11)19(2)7-9-29(24,25)26/h14H,4-9H2,1-3H3,(H,20,21)(H,24,25,26)(H,13,15,16,17). The molecule has 1 unspecified atom stereocenters. The normalized spacial score (nSPS) is 13.1. The zero-order valence-corrected chi connectivity index (χ0v) is 18.6. The molecule has 168 valence electrons. The van der Waals surface area contributed by atoms with E-state index in [2.05, 4.69) is 25.0 Å². The summed E-state index contributed by atoms with van der Waals surface area (Å²) in [4.78, 5) is 15.4. The number of nitrogens with zero attached hydrogens (tertiary/aromatic N) is 5. The van der Waals surface area contributed by atoms with Crippen molar-refractivity contribution in [1.82, 2.24) is 19.7 Å². The number of sulfonamides is 1. The summed E-state index contributed by atoms with van der Waals surface area (Å²) < 4.78 is 75.1. The van der Waals surface area contributed by atoms with Gasteiger partial charge in [0, 0.05) is 40.3 Å². The number of hydrogen-bond donors (Lipinski definition) is 4. The minimum Gasteiger partial charge on any atom is -0.353 e. The van der Waals surface area contributed by atoms with Crippen LogP contribution in [0.2, 0.25) is 0 Å². The van der Waals surface area contributed by atoms with Gasteiger partial charge in [0.2, 0.25) is 27.9 Å². The van der Waals surface area contributed by atoms with Crippen LogP contribution in [0.4, 0.5) is 17.8 Å². The van der Waals surface area contributed by atoms with Crippen LogP contribution >= 0.6 is 0 Å². The van der Waals surface area contributed by atoms with Gasteiger partial charge in [-0.25, -0.2) is 17.3 Å². The Morgan fingerprint density at radius 3 is 2.03 bits per heavy atom. The summed E-state index contributed by atoms with van der Waals surface area (Å²) in [6.07, 6.45) is 1.02. The van der Waals surface area contributed by atoms with Gasteiger partial charge in [-0.05, 0) is 0 Å². The van der Waals surface area contributed by atoms with E-state index in [1.807, 2.05) is 0 Å². The van der Waals surface area contributed by atoms with Gasteiger partial charge in [0.05, 0.1) is 17.8 Å². The zero-order valence-electron chi connectivity index (χ0n) is 16.1. The molecule has 0 bridgehead atoms. The minimum absolute atomic E-state index is 0.0445. The van der Waals surface area contributed by atoms with Crippen molar-refractivity contribution in [2.24, 2.45) is 0 Å². The van der Waals surface area contributed by atoms with E-state index in [0.29, 0.717) is 0 Å². The van der Waals surface area contributed by atoms with Crippen LogP contribution in [0, 0.1) is 0 Å². The van der Waals surface area contributed by atoms with E-state index in [0.717, 1.165) is 6.26 Å². The van der Waals surface area contributed by atoms with Crippen molar-refractivity contribution < 1.29 is 30.1 Å². The molecule has 1 atom stereocenters. The van der Waals surface area contributed by atoms with Gasteiger partial charge in [0.15, 0.2) is 11.1 Å². The van der Waals surface area contributed by atoms with E-state index in [9.17, 15) is 21.0 Å². The Bertz CT molecular complexity index is 910. The van der Waals surface area contributed by atoms with Crippen molar-refractivity contribution in [1.29, 1.82) is 0 Å². The van der Waals surface area contributed by atoms with E-state index in [4.69, 9.17) is 9.11 Å². The molecule has 0 radical (unpaired) electrons. The summed E-state index contributed by atoms with van der Waals surface area (Å²) >= 11 is -2.01. The molecular weight excluding hydrogens is 450 g/mol. The quantitative estimate of drug-likeness (QED) is 0.137. The maximum absolute atomic E-state index is 11.1. The summed E-state index contributed by atoms with van der Waals surface area (Å²) in [6.45, 7) is 0.306. The van der Waals surface area contributed by atoms with Crippen LogP contribution in [0.25, 0.3) is 0 Å². The Labute approximate surface area is 172 Å². The second-order valence-corrected chi connectivity index (χ2v) is 10.5. The first-order chi connectivity index (χ1) is 13.3. The highest BCUT2D eigenvalue weighted by Crippen LogP contribution is 2.15. The van der Waals surface area contributed by atoms with Gasteiger partial charge in [-0.15, -0.1) is 0 Å². The second-order valence-electron chi connectivity index (χ2n) is 6.01. The van der Waals surface area contributed by atoms with Crippen molar-refractivity contribution in [2.45, 2.75) is 0 Å². The van der Waals surface area contributed by atoms with Crippen molar-refractivity contribution in [2.75, 3.05) is 73.2 Å². The van der Waals surface area contributed by atoms with Crippen LogP contribution in [0.3, 0.4) is 0 Å². The predicted octanol–water partition coefficient (Wildman–Crippen LogP) is -2.19. The van der Waals surface area contributed by atoms with Gasteiger partial charge in [0.1, 0.15) is 0 Å². The van der Waals surface area contributed by atoms with Gasteiger partial charge in [-0.1, -0.05) is 0 Å². The lowest BCUT2D eigenvalue weighted by atomic mass is 10.6. The molecule has 1 rings (SSSR count). The summed E-state index contributed by atoms with van der Waals surface area (Å²) in [7, 11) is -4.42. The molecule has 4 N–H and O–H groups in total. The molecule has 1 aromatic rings. The first-order valence-electron chi connectivity index (χ1n) is 8.16. The third-order valence-corrected chi connectivity index (χ3v) is 5.31. The van der Waals surface area contributed by atoms with Gasteiger partial charge >= 0.3 is 0 Å². The smallest absolute Gasteiger partial charge is 0.266 e. The average molecular weight is 476 g/mol. The fourth-order valence-corrected chi connectivity index (χ4v) is 3.26. The third-order valence-electron chi connectivity index (χ3n) is 3.35. The number of hydrogen-bond acceptors (Lipinski definition) is 11. The van der Waals surface area contributed by atoms with E-state index in [-0.39, 0.29) is 49.8 Å². The molecule has 14 nitrogen and oxygen atoms in total. The second kappa shape index (κ2) is 10.9. The maximum atomic E-state index is 11.1. The highest BCUT2D eigenvalue weighted by Gasteiger charge is 2.16. The molecule has 17 heteroatoms. The van der Waals surface area contributed by atoms with Crippen LogP contribution in [-0.2, 0) is 31.2 Å². The fraction of sp³-hybridized carbons (Fsp3) is 0.750. The van der Waals surface area contributed by atoms with E-state index >= 15 is 0 Å². The molecule has 0 aliphatic heterocycles. The summed E-state index contributed by atoms with van der Waals surface area (Å²) in [6, 6.07) is 0. The average Bonchev–Trinajstić information content (AvgIpc) is 2.59. The van der Waals surface area contributed by atoms with E-state index < -0.39 is 37.0 Å². The van der Waals surface area contributed by atoms with E-state index in [1.165, 1.54) is 16.8 Å². The van der Waals surface area contributed by atoms with Gasteiger partial charge in [0.25, 0.3) is 10.1 Å². The number of nitrogens with one attached hydrogen (secondary N) is 2. The molecule has 0 spiro atoms. The molecule has 29 heavy (non-hydrogen) atoms. The van der Waals surface area contributed by atoms with Crippen molar-refractivity contribution in [3.63, 3.8) is 0 Å². The first-order valence-corrected chi connectivity index (χ1v) is 12.9. The molecule has 0 saturated carbocycles. The lowest BCUT2D eigenvalue weighted by Gasteiger charge is -2.21. The van der Waals surface area contributed by atoms with Gasteiger partial charge in [-0.3, -0.25) is 4.55 Å². The zero-order chi connectivity index (χ0) is 22.2. The Morgan fingerprint density at radius 1 is 1.00 bits per heavy atom. The Morgan fingerprint density at radius 2 is 1.55 bits per heavy atom. The van der Waals surface area contributed by atoms with Crippen molar-refractivity contribution in [3.8, 4) is 0 Å². The molecule has 0 aromatic carbocycles. The molecule has 0 aliphatic rings. The van der Waals surface area contributed by atoms with Crippen LogP contribution in [0.15, 0.2) is 0 Å². The lowest BCUT2D eigenvalue weighted by molar-refractivity contribution is 0.482. The predicted molar refractivity (Wildman–Crippen MR) is 110 cm³/mol. The van der Waals surface area contributed by atoms with Crippen molar-refractivity contribution >= 4 is 49.1 Å². The molecule has 0 aliphatic carbocycles.